The van der Waals surface area contributed by atoms with Crippen molar-refractivity contribution in [2.24, 2.45) is 0 Å². The number of hydrogen-bond donors (Lipinski definition) is 2. The van der Waals surface area contributed by atoms with E-state index in [1.54, 1.807) is 7.11 Å². The minimum absolute atomic E-state index is 0.361. The molecule has 5 nitrogen and oxygen atoms in total. The Balaban J connectivity index is 2.51. The molecule has 0 aliphatic heterocycles. The Morgan fingerprint density at radius 2 is 2.17 bits per heavy atom. The van der Waals surface area contributed by atoms with E-state index in [1.807, 2.05) is 6.92 Å². The number of aryl methyl sites for hydroxylation is 2. The van der Waals surface area contributed by atoms with Gasteiger partial charge in [0.25, 0.3) is 0 Å². The summed E-state index contributed by atoms with van der Waals surface area (Å²) in [6.07, 6.45) is 0.628. The Bertz CT molecular complexity index is 363. The van der Waals surface area contributed by atoms with Crippen LogP contribution in [0.2, 0.25) is 0 Å². The van der Waals surface area contributed by atoms with E-state index in [2.05, 4.69) is 28.9 Å². The lowest BCUT2D eigenvalue weighted by Gasteiger charge is -2.11. The van der Waals surface area contributed by atoms with E-state index in [0.29, 0.717) is 13.2 Å². The van der Waals surface area contributed by atoms with Crippen LogP contribution in [0, 0.1) is 13.8 Å². The molecule has 1 aromatic rings. The van der Waals surface area contributed by atoms with Gasteiger partial charge in [-0.3, -0.25) is 4.68 Å². The predicted molar refractivity (Wildman–Crippen MR) is 71.6 cm³/mol. The third kappa shape index (κ3) is 4.08. The highest BCUT2D eigenvalue weighted by molar-refractivity contribution is 5.24. The zero-order valence-electron chi connectivity index (χ0n) is 11.9. The third-order valence-electron chi connectivity index (χ3n) is 3.01. The Kier molecular flexibility index (Phi) is 6.32. The average molecular weight is 255 g/mol. The number of ether oxygens (including phenoxy) is 1. The van der Waals surface area contributed by atoms with Gasteiger partial charge in [0.2, 0.25) is 0 Å². The van der Waals surface area contributed by atoms with Gasteiger partial charge >= 0.3 is 0 Å². The summed E-state index contributed by atoms with van der Waals surface area (Å²) in [5, 5.41) is 17.3. The Labute approximate surface area is 109 Å². The summed E-state index contributed by atoms with van der Waals surface area (Å²) in [5.74, 6) is 0. The molecule has 104 valence electrons. The van der Waals surface area contributed by atoms with Gasteiger partial charge in [0.1, 0.15) is 0 Å². The summed E-state index contributed by atoms with van der Waals surface area (Å²) in [7, 11) is 1.59. The molecule has 1 unspecified atom stereocenters. The van der Waals surface area contributed by atoms with E-state index >= 15 is 0 Å². The quantitative estimate of drug-likeness (QED) is 0.728. The van der Waals surface area contributed by atoms with Gasteiger partial charge < -0.3 is 15.2 Å². The lowest BCUT2D eigenvalue weighted by atomic mass is 10.2. The lowest BCUT2D eigenvalue weighted by molar-refractivity contribution is 0.0644. The fourth-order valence-electron chi connectivity index (χ4n) is 2.03. The largest absolute Gasteiger partial charge is 0.389 e. The number of methoxy groups -OCH3 is 1. The van der Waals surface area contributed by atoms with Gasteiger partial charge in [-0.2, -0.15) is 5.10 Å². The van der Waals surface area contributed by atoms with Crippen molar-refractivity contribution >= 4 is 0 Å². The Morgan fingerprint density at radius 1 is 1.44 bits per heavy atom. The monoisotopic (exact) mass is 255 g/mol. The second kappa shape index (κ2) is 7.51. The maximum Gasteiger partial charge on any atom is 0.0897 e. The van der Waals surface area contributed by atoms with Crippen molar-refractivity contribution in [1.29, 1.82) is 0 Å². The second-order valence-corrected chi connectivity index (χ2v) is 4.61. The first-order valence-electron chi connectivity index (χ1n) is 6.50. The van der Waals surface area contributed by atoms with E-state index in [0.717, 1.165) is 25.2 Å². The number of hydrogen-bond acceptors (Lipinski definition) is 4. The van der Waals surface area contributed by atoms with Gasteiger partial charge in [-0.1, -0.05) is 6.92 Å². The molecule has 0 aliphatic rings. The zero-order chi connectivity index (χ0) is 13.5. The third-order valence-corrected chi connectivity index (χ3v) is 3.01. The van der Waals surface area contributed by atoms with Crippen LogP contribution in [0.15, 0.2) is 0 Å². The minimum atomic E-state index is -0.457. The molecule has 0 saturated carbocycles. The van der Waals surface area contributed by atoms with Gasteiger partial charge in [0, 0.05) is 38.0 Å². The van der Waals surface area contributed by atoms with Gasteiger partial charge in [0.15, 0.2) is 0 Å². The fourth-order valence-corrected chi connectivity index (χ4v) is 2.03. The van der Waals surface area contributed by atoms with Crippen LogP contribution in [0.25, 0.3) is 0 Å². The normalized spacial score (nSPS) is 12.9. The Hall–Kier alpha value is -0.910. The van der Waals surface area contributed by atoms with E-state index in [9.17, 15) is 5.11 Å². The summed E-state index contributed by atoms with van der Waals surface area (Å²) in [4.78, 5) is 0. The average Bonchev–Trinajstić information content (AvgIpc) is 2.57. The van der Waals surface area contributed by atoms with E-state index < -0.39 is 6.10 Å². The number of aliphatic hydroxyl groups excluding tert-OH is 1. The van der Waals surface area contributed by atoms with Gasteiger partial charge in [-0.15, -0.1) is 0 Å². The molecule has 0 aromatic carbocycles. The molecule has 5 heteroatoms. The van der Waals surface area contributed by atoms with Crippen molar-refractivity contribution < 1.29 is 9.84 Å². The molecule has 1 aromatic heterocycles. The van der Waals surface area contributed by atoms with E-state index in [4.69, 9.17) is 4.74 Å². The molecule has 0 fully saturated rings. The van der Waals surface area contributed by atoms with Gasteiger partial charge in [0.05, 0.1) is 18.4 Å². The van der Waals surface area contributed by atoms with E-state index in [-0.39, 0.29) is 0 Å². The summed E-state index contributed by atoms with van der Waals surface area (Å²) in [6, 6.07) is 0. The molecule has 1 heterocycles. The highest BCUT2D eigenvalue weighted by Crippen LogP contribution is 2.13. The van der Waals surface area contributed by atoms with Crippen molar-refractivity contribution in [3.05, 3.63) is 17.0 Å². The molecular weight excluding hydrogens is 230 g/mol. The molecular formula is C13H25N3O2. The van der Waals surface area contributed by atoms with Crippen LogP contribution >= 0.6 is 0 Å². The first-order chi connectivity index (χ1) is 8.60. The molecule has 0 bridgehead atoms. The van der Waals surface area contributed by atoms with Crippen LogP contribution in [0.5, 0.6) is 0 Å². The number of rotatable bonds is 8. The highest BCUT2D eigenvalue weighted by Gasteiger charge is 2.11. The summed E-state index contributed by atoms with van der Waals surface area (Å²) in [6.45, 7) is 8.86. The van der Waals surface area contributed by atoms with Gasteiger partial charge in [-0.05, 0) is 20.3 Å². The Morgan fingerprint density at radius 3 is 2.78 bits per heavy atom. The summed E-state index contributed by atoms with van der Waals surface area (Å²) in [5.41, 5.74) is 3.51. The maximum absolute atomic E-state index is 9.55. The van der Waals surface area contributed by atoms with Crippen LogP contribution in [0.4, 0.5) is 0 Å². The first kappa shape index (κ1) is 15.1. The molecule has 2 N–H and O–H groups in total. The van der Waals surface area contributed by atoms with Crippen LogP contribution in [-0.4, -0.2) is 41.3 Å². The van der Waals surface area contributed by atoms with E-state index in [1.165, 1.54) is 11.3 Å². The van der Waals surface area contributed by atoms with Crippen LogP contribution in [0.3, 0.4) is 0 Å². The van der Waals surface area contributed by atoms with Crippen molar-refractivity contribution in [3.63, 3.8) is 0 Å². The summed E-state index contributed by atoms with van der Waals surface area (Å²) < 4.78 is 6.94. The van der Waals surface area contributed by atoms with Crippen molar-refractivity contribution in [2.45, 2.75) is 46.4 Å². The molecule has 1 rings (SSSR count). The number of aliphatic hydroxyl groups is 1. The smallest absolute Gasteiger partial charge is 0.0897 e. The molecule has 0 radical (unpaired) electrons. The highest BCUT2D eigenvalue weighted by atomic mass is 16.5. The molecule has 0 saturated heterocycles. The predicted octanol–water partition coefficient (Wildman–Crippen LogP) is 1.01. The molecule has 18 heavy (non-hydrogen) atoms. The minimum Gasteiger partial charge on any atom is -0.389 e. The topological polar surface area (TPSA) is 59.3 Å². The first-order valence-corrected chi connectivity index (χ1v) is 6.50. The van der Waals surface area contributed by atoms with Crippen molar-refractivity contribution in [2.75, 3.05) is 20.3 Å². The number of nitrogens with zero attached hydrogens (tertiary/aromatic N) is 2. The summed E-state index contributed by atoms with van der Waals surface area (Å²) >= 11 is 0. The van der Waals surface area contributed by atoms with Crippen LogP contribution in [0.1, 0.15) is 30.3 Å². The number of aromatic nitrogens is 2. The molecule has 1 atom stereocenters. The van der Waals surface area contributed by atoms with Crippen molar-refractivity contribution in [3.8, 4) is 0 Å². The SMILES string of the molecule is CCCn1nc(C)c(CNCC(O)COC)c1C. The van der Waals surface area contributed by atoms with Crippen LogP contribution < -0.4 is 5.32 Å². The second-order valence-electron chi connectivity index (χ2n) is 4.61. The number of nitrogens with one attached hydrogen (secondary N) is 1. The zero-order valence-corrected chi connectivity index (χ0v) is 11.9. The van der Waals surface area contributed by atoms with Gasteiger partial charge in [-0.25, -0.2) is 0 Å². The van der Waals surface area contributed by atoms with Crippen molar-refractivity contribution in [1.82, 2.24) is 15.1 Å². The molecule has 0 aliphatic carbocycles. The standard InChI is InChI=1S/C13H25N3O2/c1-5-6-16-11(3)13(10(2)15-16)8-14-7-12(17)9-18-4/h12,14,17H,5-9H2,1-4H3. The molecule has 0 amide bonds. The molecule has 0 spiro atoms. The fraction of sp³-hybridized carbons (Fsp3) is 0.769. The van der Waals surface area contributed by atoms with Crippen LogP contribution in [-0.2, 0) is 17.8 Å². The lowest BCUT2D eigenvalue weighted by Crippen LogP contribution is -2.29. The maximum atomic E-state index is 9.55.